The van der Waals surface area contributed by atoms with E-state index in [1.807, 2.05) is 42.5 Å². The molecule has 3 rings (SSSR count). The van der Waals surface area contributed by atoms with Crippen LogP contribution in [-0.4, -0.2) is 15.3 Å². The van der Waals surface area contributed by atoms with Crippen LogP contribution < -0.4 is 0 Å². The van der Waals surface area contributed by atoms with Crippen LogP contribution >= 0.6 is 23.4 Å². The Morgan fingerprint density at radius 3 is 2.55 bits per heavy atom. The minimum atomic E-state index is -0.0550. The summed E-state index contributed by atoms with van der Waals surface area (Å²) < 4.78 is 5.49. The molecule has 0 aliphatic rings. The first-order valence-corrected chi connectivity index (χ1v) is 7.75. The summed E-state index contributed by atoms with van der Waals surface area (Å²) in [5.41, 5.74) is 1.60. The van der Waals surface area contributed by atoms with Crippen molar-refractivity contribution in [3.05, 3.63) is 65.2 Å². The van der Waals surface area contributed by atoms with E-state index in [9.17, 15) is 4.79 Å². The monoisotopic (exact) mass is 330 g/mol. The molecule has 1 aromatic heterocycles. The van der Waals surface area contributed by atoms with Crippen molar-refractivity contribution in [3.63, 3.8) is 0 Å². The van der Waals surface area contributed by atoms with Gasteiger partial charge in [-0.2, -0.15) is 0 Å². The summed E-state index contributed by atoms with van der Waals surface area (Å²) in [7, 11) is 0. The van der Waals surface area contributed by atoms with E-state index in [2.05, 4.69) is 10.2 Å². The van der Waals surface area contributed by atoms with E-state index in [1.54, 1.807) is 12.1 Å². The maximum Gasteiger partial charge on any atom is 0.284 e. The zero-order chi connectivity index (χ0) is 15.4. The zero-order valence-corrected chi connectivity index (χ0v) is 13.0. The van der Waals surface area contributed by atoms with Gasteiger partial charge in [0.15, 0.2) is 0 Å². The van der Waals surface area contributed by atoms with E-state index >= 15 is 0 Å². The maximum absolute atomic E-state index is 12.0. The van der Waals surface area contributed by atoms with Crippen LogP contribution in [0.4, 0.5) is 0 Å². The van der Waals surface area contributed by atoms with Gasteiger partial charge < -0.3 is 4.42 Å². The number of hydrogen-bond acceptors (Lipinski definition) is 5. The molecule has 0 saturated heterocycles. The van der Waals surface area contributed by atoms with Crippen LogP contribution in [0.3, 0.4) is 0 Å². The van der Waals surface area contributed by atoms with Gasteiger partial charge in [0, 0.05) is 18.2 Å². The molecule has 0 N–H and O–H groups in total. The fraction of sp³-hybridized carbons (Fsp3) is 0.0625. The summed E-state index contributed by atoms with van der Waals surface area (Å²) in [6.45, 7) is 0. The molecule has 0 aliphatic heterocycles. The van der Waals surface area contributed by atoms with Gasteiger partial charge >= 0.3 is 0 Å². The molecule has 0 saturated carbocycles. The second-order valence-electron chi connectivity index (χ2n) is 4.49. The van der Waals surface area contributed by atoms with Gasteiger partial charge in [0.2, 0.25) is 11.0 Å². The lowest BCUT2D eigenvalue weighted by Gasteiger charge is -1.98. The molecule has 1 heterocycles. The number of benzene rings is 2. The fourth-order valence-corrected chi connectivity index (χ4v) is 2.74. The number of rotatable bonds is 4. The number of hydrogen-bond donors (Lipinski definition) is 0. The van der Waals surface area contributed by atoms with E-state index in [-0.39, 0.29) is 10.3 Å². The number of carbonyl (C=O) groups is 1. The molecule has 0 fully saturated rings. The number of nitrogens with zero attached hydrogens (tertiary/aromatic N) is 2. The zero-order valence-electron chi connectivity index (χ0n) is 11.4. The van der Waals surface area contributed by atoms with Crippen molar-refractivity contribution in [2.24, 2.45) is 0 Å². The molecule has 0 radical (unpaired) electrons. The standard InChI is InChI=1S/C16H11ClN2O2S/c17-13-9-5-4-8-12(13)15-18-19-16(21-15)22-14(20)10-11-6-2-1-3-7-11/h1-9H,10H2. The van der Waals surface area contributed by atoms with Gasteiger partial charge in [0.05, 0.1) is 10.6 Å². The van der Waals surface area contributed by atoms with Gasteiger partial charge in [0.1, 0.15) is 0 Å². The average molecular weight is 331 g/mol. The third-order valence-electron chi connectivity index (χ3n) is 2.90. The molecule has 0 amide bonds. The van der Waals surface area contributed by atoms with Gasteiger partial charge in [0.25, 0.3) is 5.22 Å². The van der Waals surface area contributed by atoms with E-state index in [4.69, 9.17) is 16.0 Å². The highest BCUT2D eigenvalue weighted by atomic mass is 35.5. The number of aromatic nitrogens is 2. The summed E-state index contributed by atoms with van der Waals surface area (Å²) in [6, 6.07) is 16.7. The minimum Gasteiger partial charge on any atom is -0.411 e. The lowest BCUT2D eigenvalue weighted by molar-refractivity contribution is -0.110. The number of carbonyl (C=O) groups excluding carboxylic acids is 1. The molecule has 22 heavy (non-hydrogen) atoms. The van der Waals surface area contributed by atoms with Gasteiger partial charge in [-0.3, -0.25) is 4.79 Å². The van der Waals surface area contributed by atoms with E-state index < -0.39 is 0 Å². The lowest BCUT2D eigenvalue weighted by Crippen LogP contribution is -1.96. The molecular weight excluding hydrogens is 320 g/mol. The van der Waals surface area contributed by atoms with Crippen molar-refractivity contribution in [2.45, 2.75) is 11.6 Å². The molecular formula is C16H11ClN2O2S. The Hall–Kier alpha value is -2.11. The van der Waals surface area contributed by atoms with Crippen LogP contribution in [0.25, 0.3) is 11.5 Å². The molecule has 0 atom stereocenters. The molecule has 0 unspecified atom stereocenters. The van der Waals surface area contributed by atoms with Crippen molar-refractivity contribution >= 4 is 28.5 Å². The SMILES string of the molecule is O=C(Cc1ccccc1)Sc1nnc(-c2ccccc2Cl)o1. The molecule has 0 aliphatic carbocycles. The molecule has 110 valence electrons. The highest BCUT2D eigenvalue weighted by Gasteiger charge is 2.15. The van der Waals surface area contributed by atoms with Crippen LogP contribution in [0.2, 0.25) is 5.02 Å². The third-order valence-corrected chi connectivity index (χ3v) is 3.94. The van der Waals surface area contributed by atoms with Gasteiger partial charge in [-0.15, -0.1) is 10.2 Å². The van der Waals surface area contributed by atoms with E-state index in [0.717, 1.165) is 17.3 Å². The second-order valence-corrected chi connectivity index (χ2v) is 5.91. The van der Waals surface area contributed by atoms with E-state index in [0.29, 0.717) is 22.9 Å². The number of thioether (sulfide) groups is 1. The van der Waals surface area contributed by atoms with Crippen LogP contribution in [-0.2, 0) is 11.2 Å². The Kier molecular flexibility index (Phi) is 4.56. The molecule has 6 heteroatoms. The van der Waals surface area contributed by atoms with E-state index in [1.165, 1.54) is 0 Å². The quantitative estimate of drug-likeness (QED) is 0.669. The number of halogens is 1. The molecule has 0 spiro atoms. The van der Waals surface area contributed by atoms with Crippen molar-refractivity contribution in [1.82, 2.24) is 10.2 Å². The molecule has 2 aromatic carbocycles. The van der Waals surface area contributed by atoms with Crippen molar-refractivity contribution in [1.29, 1.82) is 0 Å². The topological polar surface area (TPSA) is 56.0 Å². The highest BCUT2D eigenvalue weighted by molar-refractivity contribution is 8.13. The Morgan fingerprint density at radius 2 is 1.77 bits per heavy atom. The summed E-state index contributed by atoms with van der Waals surface area (Å²) in [5.74, 6) is 0.306. The predicted molar refractivity (Wildman–Crippen MR) is 85.8 cm³/mol. The normalized spacial score (nSPS) is 10.6. The van der Waals surface area contributed by atoms with Crippen molar-refractivity contribution in [3.8, 4) is 11.5 Å². The Balaban J connectivity index is 1.70. The summed E-state index contributed by atoms with van der Waals surface area (Å²) >= 11 is 7.02. The van der Waals surface area contributed by atoms with Crippen LogP contribution in [0.1, 0.15) is 5.56 Å². The average Bonchev–Trinajstić information content (AvgIpc) is 2.97. The van der Waals surface area contributed by atoms with Gasteiger partial charge in [-0.25, -0.2) is 0 Å². The molecule has 0 bridgehead atoms. The maximum atomic E-state index is 12.0. The summed E-state index contributed by atoms with van der Waals surface area (Å²) in [6.07, 6.45) is 0.315. The minimum absolute atomic E-state index is 0.0550. The first-order valence-electron chi connectivity index (χ1n) is 6.55. The van der Waals surface area contributed by atoms with Gasteiger partial charge in [-0.1, -0.05) is 54.1 Å². The predicted octanol–water partition coefficient (Wildman–Crippen LogP) is 4.25. The largest absolute Gasteiger partial charge is 0.411 e. The van der Waals surface area contributed by atoms with Crippen LogP contribution in [0.15, 0.2) is 64.2 Å². The molecule has 3 aromatic rings. The summed E-state index contributed by atoms with van der Waals surface area (Å²) in [4.78, 5) is 12.0. The first-order chi connectivity index (χ1) is 10.7. The van der Waals surface area contributed by atoms with Crippen molar-refractivity contribution < 1.29 is 9.21 Å². The second kappa shape index (κ2) is 6.77. The van der Waals surface area contributed by atoms with Crippen LogP contribution in [0, 0.1) is 0 Å². The van der Waals surface area contributed by atoms with Gasteiger partial charge in [-0.05, 0) is 17.7 Å². The third kappa shape index (κ3) is 3.55. The Labute approximate surface area is 136 Å². The lowest BCUT2D eigenvalue weighted by atomic mass is 10.2. The summed E-state index contributed by atoms with van der Waals surface area (Å²) in [5, 5.41) is 8.50. The smallest absolute Gasteiger partial charge is 0.284 e. The Morgan fingerprint density at radius 1 is 1.05 bits per heavy atom. The highest BCUT2D eigenvalue weighted by Crippen LogP contribution is 2.29. The Bertz CT molecular complexity index is 790. The first kappa shape index (κ1) is 14.8. The van der Waals surface area contributed by atoms with Crippen molar-refractivity contribution in [2.75, 3.05) is 0 Å². The molecule has 4 nitrogen and oxygen atoms in total. The fourth-order valence-electron chi connectivity index (χ4n) is 1.89. The van der Waals surface area contributed by atoms with Crippen LogP contribution in [0.5, 0.6) is 0 Å².